The van der Waals surface area contributed by atoms with Gasteiger partial charge in [0.25, 0.3) is 0 Å². The number of carbonyl (C=O) groups is 5. The first-order chi connectivity index (χ1) is 31.9. The number of nitrogens with two attached hydrogens (primary N) is 1. The minimum atomic E-state index is -1.56. The van der Waals surface area contributed by atoms with E-state index in [1.165, 1.54) is 11.6 Å². The minimum absolute atomic E-state index is 0.00186. The molecule has 352 valence electrons. The molecule has 14 nitrogen and oxygen atoms in total. The highest BCUT2D eigenvalue weighted by Crippen LogP contribution is 2.39. The molecule has 2 unspecified atom stereocenters. The van der Waals surface area contributed by atoms with Gasteiger partial charge in [0, 0.05) is 37.3 Å². The summed E-state index contributed by atoms with van der Waals surface area (Å²) in [5, 5.41) is 3.21. The normalized spacial score (nSPS) is 18.4. The molecule has 3 N–H and O–H groups in total. The van der Waals surface area contributed by atoms with E-state index in [2.05, 4.69) is 28.4 Å². The average Bonchev–Trinajstić information content (AvgIpc) is 3.88. The van der Waals surface area contributed by atoms with Crippen LogP contribution in [0.4, 0.5) is 16.2 Å². The highest BCUT2D eigenvalue weighted by atomic mass is 16.6. The lowest BCUT2D eigenvalue weighted by Gasteiger charge is -2.41. The van der Waals surface area contributed by atoms with E-state index < -0.39 is 47.1 Å². The predicted octanol–water partition coefficient (Wildman–Crippen LogP) is 8.56. The van der Waals surface area contributed by atoms with Crippen LogP contribution in [0.1, 0.15) is 106 Å². The van der Waals surface area contributed by atoms with Gasteiger partial charge in [-0.1, -0.05) is 60.7 Å². The van der Waals surface area contributed by atoms with Crippen LogP contribution >= 0.6 is 0 Å². The molecule has 1 aromatic heterocycles. The van der Waals surface area contributed by atoms with Crippen LogP contribution in [0.3, 0.4) is 0 Å². The number of fused-ring (bicyclic) bond motifs is 4. The number of amides is 2. The van der Waals surface area contributed by atoms with Crippen molar-refractivity contribution < 1.29 is 42.9 Å². The van der Waals surface area contributed by atoms with Gasteiger partial charge in [-0.3, -0.25) is 19.3 Å². The van der Waals surface area contributed by atoms with Gasteiger partial charge in [0.2, 0.25) is 11.8 Å². The summed E-state index contributed by atoms with van der Waals surface area (Å²) < 4.78 is 24.1. The number of carbonyl (C=O) groups excluding carboxylic acids is 5. The topological polar surface area (TPSA) is 172 Å². The molecule has 2 atom stereocenters. The van der Waals surface area contributed by atoms with Gasteiger partial charge in [0.1, 0.15) is 23.5 Å². The zero-order valence-electron chi connectivity index (χ0n) is 39.4. The maximum Gasteiger partial charge on any atom is 0.419 e. The van der Waals surface area contributed by atoms with Crippen molar-refractivity contribution in [2.24, 2.45) is 11.7 Å². The van der Waals surface area contributed by atoms with Crippen LogP contribution in [0.2, 0.25) is 0 Å². The maximum atomic E-state index is 14.7. The van der Waals surface area contributed by atoms with E-state index in [0.29, 0.717) is 42.2 Å². The molecule has 8 rings (SSSR count). The lowest BCUT2D eigenvalue weighted by molar-refractivity contribution is -0.153. The van der Waals surface area contributed by atoms with E-state index in [1.807, 2.05) is 24.3 Å². The fraction of sp³-hybridized carbons (Fsp3) is 0.415. The standard InChI is InChI=1S/C53H61N5O9/c1-52(2,3)66-49(61)44-29-41-42(16-11-17-43(41)58(44)51(63)67-53(4,5)6)55-48(60)46(50(62)65-31-34-13-10-15-39-38-14-9-8-12-33(38)28-40(34)39)47(54)32-18-20-36(21-19-32)57-27-26-56(30-45(57)59)35-22-24-37(64-7)25-23-35/h8-21,29,35,37,46-47H,22-28,30-31,54H2,1-7H3,(H,55,60). The number of hydrogen-bond donors (Lipinski definition) is 2. The van der Waals surface area contributed by atoms with E-state index in [9.17, 15) is 24.0 Å². The molecule has 5 aromatic rings. The Morgan fingerprint density at radius 2 is 1.49 bits per heavy atom. The van der Waals surface area contributed by atoms with Gasteiger partial charge in [0.05, 0.1) is 29.9 Å². The van der Waals surface area contributed by atoms with E-state index >= 15 is 0 Å². The Morgan fingerprint density at radius 1 is 0.806 bits per heavy atom. The summed E-state index contributed by atoms with van der Waals surface area (Å²) in [6.45, 7) is 11.8. The molecule has 4 aromatic carbocycles. The Bertz CT molecular complexity index is 2690. The second-order valence-electron chi connectivity index (χ2n) is 19.7. The Balaban J connectivity index is 1.07. The van der Waals surface area contributed by atoms with Crippen molar-refractivity contribution in [1.29, 1.82) is 0 Å². The number of piperazine rings is 1. The van der Waals surface area contributed by atoms with Crippen LogP contribution in [0, 0.1) is 5.92 Å². The fourth-order valence-corrected chi connectivity index (χ4v) is 9.54. The third-order valence-electron chi connectivity index (χ3n) is 12.8. The highest BCUT2D eigenvalue weighted by molar-refractivity contribution is 6.12. The molecular formula is C53H61N5O9. The van der Waals surface area contributed by atoms with Crippen molar-refractivity contribution in [3.63, 3.8) is 0 Å². The Kier molecular flexibility index (Phi) is 13.4. The van der Waals surface area contributed by atoms with Gasteiger partial charge in [-0.2, -0.15) is 0 Å². The molecule has 2 amide bonds. The summed E-state index contributed by atoms with van der Waals surface area (Å²) in [6, 6.07) is 26.5. The summed E-state index contributed by atoms with van der Waals surface area (Å²) in [4.78, 5) is 74.1. The first-order valence-corrected chi connectivity index (χ1v) is 23.1. The zero-order chi connectivity index (χ0) is 47.8. The van der Waals surface area contributed by atoms with Gasteiger partial charge in [0.15, 0.2) is 5.92 Å². The molecule has 0 radical (unpaired) electrons. The van der Waals surface area contributed by atoms with Crippen molar-refractivity contribution in [3.05, 3.63) is 119 Å². The van der Waals surface area contributed by atoms with Gasteiger partial charge in [-0.25, -0.2) is 14.2 Å². The van der Waals surface area contributed by atoms with E-state index in [1.54, 1.807) is 96.0 Å². The van der Waals surface area contributed by atoms with Crippen molar-refractivity contribution >= 4 is 52.1 Å². The molecular weight excluding hydrogens is 851 g/mol. The summed E-state index contributed by atoms with van der Waals surface area (Å²) in [5.74, 6) is -3.96. The number of hydrogen-bond acceptors (Lipinski definition) is 11. The molecule has 2 fully saturated rings. The third-order valence-corrected chi connectivity index (χ3v) is 12.8. The maximum absolute atomic E-state index is 14.7. The van der Waals surface area contributed by atoms with Gasteiger partial charge in [-0.15, -0.1) is 0 Å². The Morgan fingerprint density at radius 3 is 2.18 bits per heavy atom. The molecule has 2 heterocycles. The number of methoxy groups -OCH3 is 1. The molecule has 2 aliphatic carbocycles. The molecule has 0 spiro atoms. The average molecular weight is 912 g/mol. The quantitative estimate of drug-likeness (QED) is 0.0725. The first kappa shape index (κ1) is 47.2. The highest BCUT2D eigenvalue weighted by Gasteiger charge is 2.38. The van der Waals surface area contributed by atoms with Crippen molar-refractivity contribution in [3.8, 4) is 11.1 Å². The Hall–Kier alpha value is -6.35. The van der Waals surface area contributed by atoms with Gasteiger partial charge >= 0.3 is 18.0 Å². The number of rotatable bonds is 11. The van der Waals surface area contributed by atoms with Gasteiger partial charge < -0.3 is 34.9 Å². The third kappa shape index (κ3) is 10.3. The number of esters is 2. The minimum Gasteiger partial charge on any atom is -0.460 e. The van der Waals surface area contributed by atoms with E-state index in [-0.39, 0.29) is 35.5 Å². The van der Waals surface area contributed by atoms with E-state index in [0.717, 1.165) is 59.0 Å². The SMILES string of the molecule is COC1CCC(N2CCN(c3ccc(C(N)C(C(=O)Nc4cccc5c4cc(C(=O)OC(C)(C)C)n5C(=O)OC(C)(C)C)C(=O)OCc4cccc5c4Cc4ccccc4-5)cc3)C(=O)C2)CC1. The van der Waals surface area contributed by atoms with Crippen molar-refractivity contribution in [1.82, 2.24) is 9.47 Å². The van der Waals surface area contributed by atoms with Gasteiger partial charge in [-0.05, 0) is 137 Å². The lowest BCUT2D eigenvalue weighted by atomic mass is 9.91. The smallest absolute Gasteiger partial charge is 0.419 e. The molecule has 1 saturated heterocycles. The molecule has 1 saturated carbocycles. The molecule has 0 bridgehead atoms. The van der Waals surface area contributed by atoms with Crippen LogP contribution in [-0.4, -0.2) is 89.4 Å². The van der Waals surface area contributed by atoms with Crippen LogP contribution < -0.4 is 16.0 Å². The number of ether oxygens (including phenoxy) is 4. The second-order valence-corrected chi connectivity index (χ2v) is 19.7. The second kappa shape index (κ2) is 19.1. The largest absolute Gasteiger partial charge is 0.460 e. The molecule has 3 aliphatic rings. The monoisotopic (exact) mass is 911 g/mol. The first-order valence-electron chi connectivity index (χ1n) is 23.1. The van der Waals surface area contributed by atoms with Crippen molar-refractivity contribution in [2.75, 3.05) is 37.0 Å². The van der Waals surface area contributed by atoms with Crippen LogP contribution in [0.5, 0.6) is 0 Å². The van der Waals surface area contributed by atoms with Crippen LogP contribution in [0.15, 0.2) is 91.0 Å². The number of nitrogens with one attached hydrogen (secondary N) is 1. The van der Waals surface area contributed by atoms with Crippen molar-refractivity contribution in [2.45, 2.75) is 110 Å². The van der Waals surface area contributed by atoms with Crippen LogP contribution in [0.25, 0.3) is 22.0 Å². The Labute approximate surface area is 391 Å². The fourth-order valence-electron chi connectivity index (χ4n) is 9.54. The predicted molar refractivity (Wildman–Crippen MR) is 256 cm³/mol. The van der Waals surface area contributed by atoms with E-state index in [4.69, 9.17) is 24.7 Å². The molecule has 67 heavy (non-hydrogen) atoms. The number of aromatic nitrogens is 1. The summed E-state index contributed by atoms with van der Waals surface area (Å²) in [5.41, 5.74) is 11.9. The summed E-state index contributed by atoms with van der Waals surface area (Å²) in [6.07, 6.45) is 4.11. The summed E-state index contributed by atoms with van der Waals surface area (Å²) in [7, 11) is 1.75. The number of benzene rings is 4. The molecule has 14 heteroatoms. The van der Waals surface area contributed by atoms with Crippen LogP contribution in [-0.2, 0) is 46.4 Å². The number of anilines is 2. The lowest BCUT2D eigenvalue weighted by Crippen LogP contribution is -2.54. The molecule has 1 aliphatic heterocycles. The summed E-state index contributed by atoms with van der Waals surface area (Å²) >= 11 is 0. The number of nitrogens with zero attached hydrogens (tertiary/aromatic N) is 3. The zero-order valence-corrected chi connectivity index (χ0v) is 39.4.